The van der Waals surface area contributed by atoms with Crippen LogP contribution in [-0.2, 0) is 5.41 Å². The van der Waals surface area contributed by atoms with Gasteiger partial charge in [0.25, 0.3) is 11.8 Å². The Kier molecular flexibility index (Phi) is 6.82. The Balaban J connectivity index is 1.52. The average molecular weight is 432 g/mol. The van der Waals surface area contributed by atoms with E-state index in [1.165, 1.54) is 0 Å². The molecule has 0 heterocycles. The van der Waals surface area contributed by atoms with E-state index < -0.39 is 0 Å². The first kappa shape index (κ1) is 22.2. The van der Waals surface area contributed by atoms with Crippen molar-refractivity contribution in [1.82, 2.24) is 16.2 Å². The monoisotopic (exact) mass is 431 g/mol. The van der Waals surface area contributed by atoms with Crippen LogP contribution in [0.3, 0.4) is 0 Å². The average Bonchev–Trinajstić information content (AvgIpc) is 2.77. The number of amides is 2. The summed E-state index contributed by atoms with van der Waals surface area (Å²) in [6.07, 6.45) is 0. The molecule has 0 fully saturated rings. The molecule has 3 aromatic carbocycles. The summed E-state index contributed by atoms with van der Waals surface area (Å²) in [6, 6.07) is 24.5. The summed E-state index contributed by atoms with van der Waals surface area (Å²) in [4.78, 5) is 24.7. The van der Waals surface area contributed by atoms with Crippen molar-refractivity contribution in [3.8, 4) is 11.1 Å². The molecule has 0 bridgehead atoms. The molecule has 0 aliphatic carbocycles. The fourth-order valence-corrected chi connectivity index (χ4v) is 3.10. The molecule has 158 valence electrons. The fraction of sp³-hybridized carbons (Fsp3) is 0.160. The standard InChI is InChI=1S/C25H25N3O2S/c1-25(2,3)21-15-13-20(14-16-21)23(30)27-28-24(31)26-22(29)19-11-9-18(10-12-19)17-7-5-4-6-8-17/h4-16H,1-3H3,(H,27,30)(H2,26,28,29,31). The summed E-state index contributed by atoms with van der Waals surface area (Å²) in [5, 5.41) is 2.57. The summed E-state index contributed by atoms with van der Waals surface area (Å²) < 4.78 is 0. The molecular weight excluding hydrogens is 406 g/mol. The summed E-state index contributed by atoms with van der Waals surface area (Å²) in [7, 11) is 0. The lowest BCUT2D eigenvalue weighted by molar-refractivity contribution is 0.0934. The molecule has 2 amide bonds. The predicted octanol–water partition coefficient (Wildman–Crippen LogP) is 4.60. The van der Waals surface area contributed by atoms with E-state index in [9.17, 15) is 9.59 Å². The van der Waals surface area contributed by atoms with E-state index in [1.807, 2.05) is 54.6 Å². The van der Waals surface area contributed by atoms with Gasteiger partial charge in [0.15, 0.2) is 5.11 Å². The lowest BCUT2D eigenvalue weighted by Gasteiger charge is -2.19. The molecule has 0 spiro atoms. The largest absolute Gasteiger partial charge is 0.298 e. The Morgan fingerprint density at radius 3 is 1.77 bits per heavy atom. The molecule has 0 radical (unpaired) electrons. The van der Waals surface area contributed by atoms with Crippen molar-refractivity contribution in [3.63, 3.8) is 0 Å². The first-order chi connectivity index (χ1) is 14.7. The molecule has 6 heteroatoms. The van der Waals surface area contributed by atoms with E-state index in [2.05, 4.69) is 36.9 Å². The summed E-state index contributed by atoms with van der Waals surface area (Å²) in [6.45, 7) is 6.33. The molecule has 3 N–H and O–H groups in total. The highest BCUT2D eigenvalue weighted by Crippen LogP contribution is 2.22. The van der Waals surface area contributed by atoms with Gasteiger partial charge in [-0.1, -0.05) is 75.4 Å². The second-order valence-electron chi connectivity index (χ2n) is 8.13. The van der Waals surface area contributed by atoms with Crippen molar-refractivity contribution < 1.29 is 9.59 Å². The maximum absolute atomic E-state index is 12.4. The zero-order valence-corrected chi connectivity index (χ0v) is 18.5. The first-order valence-electron chi connectivity index (χ1n) is 9.92. The second kappa shape index (κ2) is 9.53. The number of nitrogens with one attached hydrogen (secondary N) is 3. The fourth-order valence-electron chi connectivity index (χ4n) is 2.96. The van der Waals surface area contributed by atoms with Crippen molar-refractivity contribution in [2.24, 2.45) is 0 Å². The van der Waals surface area contributed by atoms with Gasteiger partial charge in [-0.05, 0) is 58.6 Å². The van der Waals surface area contributed by atoms with Gasteiger partial charge in [-0.2, -0.15) is 0 Å². The van der Waals surface area contributed by atoms with Crippen molar-refractivity contribution >= 4 is 29.1 Å². The third-order valence-electron chi connectivity index (χ3n) is 4.78. The molecule has 0 saturated heterocycles. The Bertz CT molecular complexity index is 1070. The van der Waals surface area contributed by atoms with Gasteiger partial charge in [0, 0.05) is 11.1 Å². The normalized spacial score (nSPS) is 10.8. The van der Waals surface area contributed by atoms with E-state index in [4.69, 9.17) is 12.2 Å². The van der Waals surface area contributed by atoms with Crippen LogP contribution in [-0.4, -0.2) is 16.9 Å². The van der Waals surface area contributed by atoms with Crippen LogP contribution in [0.1, 0.15) is 47.1 Å². The molecule has 3 aromatic rings. The van der Waals surface area contributed by atoms with Crippen molar-refractivity contribution in [3.05, 3.63) is 95.6 Å². The molecule has 0 unspecified atom stereocenters. The molecule has 0 saturated carbocycles. The van der Waals surface area contributed by atoms with Gasteiger partial charge in [0.05, 0.1) is 0 Å². The van der Waals surface area contributed by atoms with E-state index in [0.717, 1.165) is 16.7 Å². The number of rotatable bonds is 3. The maximum atomic E-state index is 12.4. The Morgan fingerprint density at radius 1 is 0.677 bits per heavy atom. The van der Waals surface area contributed by atoms with Crippen molar-refractivity contribution in [1.29, 1.82) is 0 Å². The number of carbonyl (C=O) groups excluding carboxylic acids is 2. The van der Waals surface area contributed by atoms with Gasteiger partial charge in [-0.3, -0.25) is 25.8 Å². The summed E-state index contributed by atoms with van der Waals surface area (Å²) in [5.41, 5.74) is 9.26. The SMILES string of the molecule is CC(C)(C)c1ccc(C(=O)NNC(=S)NC(=O)c2ccc(-c3ccccc3)cc2)cc1. The first-order valence-corrected chi connectivity index (χ1v) is 10.3. The van der Waals surface area contributed by atoms with Crippen molar-refractivity contribution in [2.45, 2.75) is 26.2 Å². The van der Waals surface area contributed by atoms with Gasteiger partial charge >= 0.3 is 0 Å². The van der Waals surface area contributed by atoms with Gasteiger partial charge in [0.1, 0.15) is 0 Å². The Labute approximate surface area is 187 Å². The van der Waals surface area contributed by atoms with Crippen LogP contribution in [0.5, 0.6) is 0 Å². The van der Waals surface area contributed by atoms with Crippen LogP contribution in [0.4, 0.5) is 0 Å². The van der Waals surface area contributed by atoms with Crippen LogP contribution in [0, 0.1) is 0 Å². The van der Waals surface area contributed by atoms with Crippen LogP contribution < -0.4 is 16.2 Å². The smallest absolute Gasteiger partial charge is 0.269 e. The number of hydrogen-bond donors (Lipinski definition) is 3. The molecule has 31 heavy (non-hydrogen) atoms. The summed E-state index contributed by atoms with van der Waals surface area (Å²) >= 11 is 5.11. The van der Waals surface area contributed by atoms with E-state index in [0.29, 0.717) is 11.1 Å². The number of carbonyl (C=O) groups is 2. The van der Waals surface area contributed by atoms with E-state index in [-0.39, 0.29) is 22.3 Å². The van der Waals surface area contributed by atoms with Crippen LogP contribution in [0.25, 0.3) is 11.1 Å². The molecule has 0 aromatic heterocycles. The predicted molar refractivity (Wildman–Crippen MR) is 128 cm³/mol. The zero-order chi connectivity index (χ0) is 22.4. The van der Waals surface area contributed by atoms with Gasteiger partial charge in [-0.25, -0.2) is 0 Å². The quantitative estimate of drug-likeness (QED) is 0.419. The minimum Gasteiger partial charge on any atom is -0.298 e. The van der Waals surface area contributed by atoms with Gasteiger partial charge < -0.3 is 0 Å². The molecule has 0 aliphatic rings. The van der Waals surface area contributed by atoms with Crippen LogP contribution in [0.15, 0.2) is 78.9 Å². The molecule has 3 rings (SSSR count). The van der Waals surface area contributed by atoms with E-state index in [1.54, 1.807) is 24.3 Å². The number of hydrazine groups is 1. The lowest BCUT2D eigenvalue weighted by atomic mass is 9.87. The Hall–Kier alpha value is -3.51. The Morgan fingerprint density at radius 2 is 1.19 bits per heavy atom. The highest BCUT2D eigenvalue weighted by atomic mass is 32.1. The number of hydrogen-bond acceptors (Lipinski definition) is 3. The highest BCUT2D eigenvalue weighted by molar-refractivity contribution is 7.80. The third kappa shape index (κ3) is 5.99. The lowest BCUT2D eigenvalue weighted by Crippen LogP contribution is -2.48. The molecule has 0 atom stereocenters. The van der Waals surface area contributed by atoms with Crippen LogP contribution >= 0.6 is 12.2 Å². The van der Waals surface area contributed by atoms with E-state index >= 15 is 0 Å². The number of benzene rings is 3. The zero-order valence-electron chi connectivity index (χ0n) is 17.7. The van der Waals surface area contributed by atoms with Crippen LogP contribution in [0.2, 0.25) is 0 Å². The second-order valence-corrected chi connectivity index (χ2v) is 8.54. The molecule has 5 nitrogen and oxygen atoms in total. The topological polar surface area (TPSA) is 70.2 Å². The third-order valence-corrected chi connectivity index (χ3v) is 4.99. The molecule has 0 aliphatic heterocycles. The summed E-state index contributed by atoms with van der Waals surface area (Å²) in [5.74, 6) is -0.704. The van der Waals surface area contributed by atoms with Gasteiger partial charge in [0.2, 0.25) is 0 Å². The highest BCUT2D eigenvalue weighted by Gasteiger charge is 2.14. The molecular formula is C25H25N3O2S. The number of thiocarbonyl (C=S) groups is 1. The maximum Gasteiger partial charge on any atom is 0.269 e. The minimum absolute atomic E-state index is 0.0109. The van der Waals surface area contributed by atoms with Crippen molar-refractivity contribution in [2.75, 3.05) is 0 Å². The van der Waals surface area contributed by atoms with Gasteiger partial charge in [-0.15, -0.1) is 0 Å². The minimum atomic E-state index is -0.360.